The summed E-state index contributed by atoms with van der Waals surface area (Å²) >= 11 is 0. The molecule has 4 heteroatoms. The molecule has 116 valence electrons. The molecular formula is C18H22N2O2. The second-order valence-corrected chi connectivity index (χ2v) is 6.47. The highest BCUT2D eigenvalue weighted by Gasteiger charge is 2.24. The molecule has 1 fully saturated rings. The first-order chi connectivity index (χ1) is 10.4. The average molecular weight is 298 g/mol. The predicted octanol–water partition coefficient (Wildman–Crippen LogP) is 3.97. The smallest absolute Gasteiger partial charge is 0.410 e. The summed E-state index contributed by atoms with van der Waals surface area (Å²) in [5, 5.41) is 9.12. The zero-order valence-corrected chi connectivity index (χ0v) is 13.4. The molecule has 2 rings (SSSR count). The van der Waals surface area contributed by atoms with Crippen LogP contribution in [0.15, 0.2) is 29.8 Å². The Balaban J connectivity index is 1.99. The van der Waals surface area contributed by atoms with E-state index < -0.39 is 5.60 Å². The van der Waals surface area contributed by atoms with Gasteiger partial charge in [-0.3, -0.25) is 0 Å². The molecule has 0 N–H and O–H groups in total. The van der Waals surface area contributed by atoms with Gasteiger partial charge in [-0.05, 0) is 45.2 Å². The number of ether oxygens (including phenoxy) is 1. The van der Waals surface area contributed by atoms with E-state index in [2.05, 4.69) is 12.1 Å². The Morgan fingerprint density at radius 1 is 1.27 bits per heavy atom. The van der Waals surface area contributed by atoms with Crippen molar-refractivity contribution in [1.82, 2.24) is 4.90 Å². The van der Waals surface area contributed by atoms with E-state index in [4.69, 9.17) is 10.00 Å². The highest BCUT2D eigenvalue weighted by atomic mass is 16.6. The topological polar surface area (TPSA) is 53.3 Å². The fourth-order valence-corrected chi connectivity index (χ4v) is 2.39. The molecular weight excluding hydrogens is 276 g/mol. The zero-order chi connectivity index (χ0) is 16.2. The monoisotopic (exact) mass is 298 g/mol. The summed E-state index contributed by atoms with van der Waals surface area (Å²) in [4.78, 5) is 13.8. The molecule has 1 aliphatic heterocycles. The molecule has 1 heterocycles. The van der Waals surface area contributed by atoms with Crippen LogP contribution in [0.1, 0.15) is 44.7 Å². The van der Waals surface area contributed by atoms with Crippen LogP contribution in [0.3, 0.4) is 0 Å². The SMILES string of the molecule is CC(C)(C)OC(=O)N1CCC(=Cc2ccccc2C#N)CC1. The van der Waals surface area contributed by atoms with Gasteiger partial charge >= 0.3 is 6.09 Å². The summed E-state index contributed by atoms with van der Waals surface area (Å²) < 4.78 is 5.39. The van der Waals surface area contributed by atoms with Crippen molar-refractivity contribution in [2.45, 2.75) is 39.2 Å². The third kappa shape index (κ3) is 4.36. The minimum Gasteiger partial charge on any atom is -0.444 e. The molecule has 0 radical (unpaired) electrons. The van der Waals surface area contributed by atoms with E-state index in [-0.39, 0.29) is 6.09 Å². The Morgan fingerprint density at radius 2 is 1.91 bits per heavy atom. The number of likely N-dealkylation sites (tertiary alicyclic amines) is 1. The van der Waals surface area contributed by atoms with Gasteiger partial charge in [0.1, 0.15) is 5.60 Å². The Morgan fingerprint density at radius 3 is 2.50 bits per heavy atom. The lowest BCUT2D eigenvalue weighted by Gasteiger charge is -2.31. The first kappa shape index (κ1) is 16.1. The molecule has 1 amide bonds. The van der Waals surface area contributed by atoms with Crippen LogP contribution in [-0.4, -0.2) is 29.7 Å². The number of hydrogen-bond donors (Lipinski definition) is 0. The van der Waals surface area contributed by atoms with Crippen LogP contribution in [0.5, 0.6) is 0 Å². The van der Waals surface area contributed by atoms with Crippen molar-refractivity contribution >= 4 is 12.2 Å². The van der Waals surface area contributed by atoms with E-state index in [9.17, 15) is 4.79 Å². The first-order valence-electron chi connectivity index (χ1n) is 7.55. The first-order valence-corrected chi connectivity index (χ1v) is 7.55. The van der Waals surface area contributed by atoms with Gasteiger partial charge in [0.05, 0.1) is 11.6 Å². The predicted molar refractivity (Wildman–Crippen MR) is 86.2 cm³/mol. The molecule has 0 bridgehead atoms. The Kier molecular flexibility index (Phi) is 4.87. The molecule has 0 aliphatic carbocycles. The van der Waals surface area contributed by atoms with E-state index >= 15 is 0 Å². The Bertz CT molecular complexity index is 611. The van der Waals surface area contributed by atoms with Gasteiger partial charge in [0.25, 0.3) is 0 Å². The number of benzene rings is 1. The standard InChI is InChI=1S/C18H22N2O2/c1-18(2,3)22-17(21)20-10-8-14(9-11-20)12-15-6-4-5-7-16(15)13-19/h4-7,12H,8-11H2,1-3H3. The number of rotatable bonds is 1. The van der Waals surface area contributed by atoms with Crippen LogP contribution in [0.4, 0.5) is 4.79 Å². The maximum Gasteiger partial charge on any atom is 0.410 e. The van der Waals surface area contributed by atoms with Gasteiger partial charge in [0.2, 0.25) is 0 Å². The summed E-state index contributed by atoms with van der Waals surface area (Å²) in [6.07, 6.45) is 3.46. The second-order valence-electron chi connectivity index (χ2n) is 6.47. The van der Waals surface area contributed by atoms with Crippen molar-refractivity contribution in [3.05, 3.63) is 41.0 Å². The Hall–Kier alpha value is -2.28. The molecule has 0 aromatic heterocycles. The van der Waals surface area contributed by atoms with E-state index in [1.54, 1.807) is 4.90 Å². The number of nitrogens with zero attached hydrogens (tertiary/aromatic N) is 2. The molecule has 0 spiro atoms. The van der Waals surface area contributed by atoms with Crippen molar-refractivity contribution in [3.8, 4) is 6.07 Å². The van der Waals surface area contributed by atoms with Crippen LogP contribution < -0.4 is 0 Å². The van der Waals surface area contributed by atoms with Gasteiger partial charge in [0, 0.05) is 13.1 Å². The van der Waals surface area contributed by atoms with Crippen LogP contribution in [0.25, 0.3) is 6.08 Å². The minimum absolute atomic E-state index is 0.246. The van der Waals surface area contributed by atoms with E-state index in [1.165, 1.54) is 5.57 Å². The van der Waals surface area contributed by atoms with Crippen LogP contribution in [0.2, 0.25) is 0 Å². The van der Waals surface area contributed by atoms with Gasteiger partial charge < -0.3 is 9.64 Å². The molecule has 0 saturated carbocycles. The van der Waals surface area contributed by atoms with E-state index in [0.717, 1.165) is 18.4 Å². The third-order valence-corrected chi connectivity index (χ3v) is 3.50. The van der Waals surface area contributed by atoms with Crippen molar-refractivity contribution in [3.63, 3.8) is 0 Å². The number of piperidine rings is 1. The van der Waals surface area contributed by atoms with Crippen molar-refractivity contribution in [2.75, 3.05) is 13.1 Å². The molecule has 1 aliphatic rings. The molecule has 1 saturated heterocycles. The molecule has 0 atom stereocenters. The Labute approximate surface area is 132 Å². The largest absolute Gasteiger partial charge is 0.444 e. The van der Waals surface area contributed by atoms with Gasteiger partial charge in [-0.2, -0.15) is 5.26 Å². The van der Waals surface area contributed by atoms with Gasteiger partial charge in [-0.25, -0.2) is 4.79 Å². The van der Waals surface area contributed by atoms with Crippen molar-refractivity contribution in [2.24, 2.45) is 0 Å². The summed E-state index contributed by atoms with van der Waals surface area (Å²) in [6.45, 7) is 6.95. The molecule has 4 nitrogen and oxygen atoms in total. The van der Waals surface area contributed by atoms with E-state index in [1.807, 2.05) is 45.0 Å². The van der Waals surface area contributed by atoms with Crippen LogP contribution >= 0.6 is 0 Å². The van der Waals surface area contributed by atoms with E-state index in [0.29, 0.717) is 18.7 Å². The van der Waals surface area contributed by atoms with Gasteiger partial charge in [0.15, 0.2) is 0 Å². The number of nitriles is 1. The van der Waals surface area contributed by atoms with Crippen molar-refractivity contribution in [1.29, 1.82) is 5.26 Å². The van der Waals surface area contributed by atoms with Gasteiger partial charge in [-0.15, -0.1) is 0 Å². The van der Waals surface area contributed by atoms with Crippen LogP contribution in [0, 0.1) is 11.3 Å². The normalized spacial score (nSPS) is 15.2. The maximum absolute atomic E-state index is 12.0. The quantitative estimate of drug-likeness (QED) is 0.788. The molecule has 1 aromatic rings. The summed E-state index contributed by atoms with van der Waals surface area (Å²) in [5.41, 5.74) is 2.44. The molecule has 0 unspecified atom stereocenters. The number of carbonyl (C=O) groups is 1. The average Bonchev–Trinajstić information content (AvgIpc) is 2.47. The lowest BCUT2D eigenvalue weighted by atomic mass is 9.99. The lowest BCUT2D eigenvalue weighted by molar-refractivity contribution is 0.0237. The number of amides is 1. The summed E-state index contributed by atoms with van der Waals surface area (Å²) in [7, 11) is 0. The number of hydrogen-bond acceptors (Lipinski definition) is 3. The van der Waals surface area contributed by atoms with Gasteiger partial charge in [-0.1, -0.05) is 29.8 Å². The number of carbonyl (C=O) groups excluding carboxylic acids is 1. The minimum atomic E-state index is -0.459. The highest BCUT2D eigenvalue weighted by Crippen LogP contribution is 2.22. The molecule has 22 heavy (non-hydrogen) atoms. The maximum atomic E-state index is 12.0. The summed E-state index contributed by atoms with van der Waals surface area (Å²) in [5.74, 6) is 0. The van der Waals surface area contributed by atoms with Crippen LogP contribution in [-0.2, 0) is 4.74 Å². The lowest BCUT2D eigenvalue weighted by Crippen LogP contribution is -2.40. The fourth-order valence-electron chi connectivity index (χ4n) is 2.39. The molecule has 1 aromatic carbocycles. The summed E-state index contributed by atoms with van der Waals surface area (Å²) in [6, 6.07) is 9.78. The highest BCUT2D eigenvalue weighted by molar-refractivity contribution is 5.69. The second kappa shape index (κ2) is 6.65. The van der Waals surface area contributed by atoms with Crippen molar-refractivity contribution < 1.29 is 9.53 Å². The zero-order valence-electron chi connectivity index (χ0n) is 13.4. The third-order valence-electron chi connectivity index (χ3n) is 3.50. The fraction of sp³-hybridized carbons (Fsp3) is 0.444.